The Morgan fingerprint density at radius 3 is 1.19 bits per heavy atom. The van der Waals surface area contributed by atoms with Gasteiger partial charge in [-0.1, -0.05) is 13.8 Å². The van der Waals surface area contributed by atoms with Gasteiger partial charge in [-0.2, -0.15) is 0 Å². The highest BCUT2D eigenvalue weighted by molar-refractivity contribution is 7.74. The van der Waals surface area contributed by atoms with E-state index < -0.39 is 26.1 Å². The first-order valence-electron chi connectivity index (χ1n) is 7.26. The number of hydrogen-bond donors (Lipinski definition) is 1. The van der Waals surface area contributed by atoms with Gasteiger partial charge in [-0.25, -0.2) is 0 Å². The third-order valence-electron chi connectivity index (χ3n) is 2.92. The Kier molecular flexibility index (Phi) is 8.89. The summed E-state index contributed by atoms with van der Waals surface area (Å²) in [5.41, 5.74) is 6.32. The van der Waals surface area contributed by atoms with Gasteiger partial charge < -0.3 is 23.8 Å². The van der Waals surface area contributed by atoms with Crippen LogP contribution >= 0.6 is 15.2 Å². The third kappa shape index (κ3) is 4.17. The molecule has 0 aliphatic rings. The molecule has 0 atom stereocenters. The Morgan fingerprint density at radius 2 is 1.05 bits per heavy atom. The van der Waals surface area contributed by atoms with Crippen LogP contribution in [-0.2, 0) is 27.2 Å². The molecule has 7 nitrogen and oxygen atoms in total. The van der Waals surface area contributed by atoms with E-state index in [-0.39, 0.29) is 26.4 Å². The Bertz CT molecular complexity index is 351. The monoisotopic (exact) mass is 345 g/mol. The van der Waals surface area contributed by atoms with E-state index in [1.54, 1.807) is 41.5 Å². The fourth-order valence-corrected chi connectivity index (χ4v) is 7.44. The zero-order valence-corrected chi connectivity index (χ0v) is 15.6. The van der Waals surface area contributed by atoms with Crippen molar-refractivity contribution in [2.24, 2.45) is 11.7 Å². The van der Waals surface area contributed by atoms with Crippen molar-refractivity contribution >= 4 is 15.2 Å². The molecule has 0 aromatic rings. The molecular weight excluding hydrogens is 316 g/mol. The minimum Gasteiger partial charge on any atom is -0.307 e. The van der Waals surface area contributed by atoms with E-state index in [4.69, 9.17) is 23.8 Å². The van der Waals surface area contributed by atoms with Gasteiger partial charge in [0, 0.05) is 0 Å². The normalized spacial score (nSPS) is 13.9. The number of hydrogen-bond acceptors (Lipinski definition) is 7. The predicted octanol–water partition coefficient (Wildman–Crippen LogP) is 3.79. The van der Waals surface area contributed by atoms with Crippen LogP contribution in [0.15, 0.2) is 0 Å². The first-order chi connectivity index (χ1) is 9.69. The smallest absolute Gasteiger partial charge is 0.307 e. The van der Waals surface area contributed by atoms with Crippen LogP contribution in [0.2, 0.25) is 0 Å². The molecule has 128 valence electrons. The molecule has 0 saturated carbocycles. The predicted molar refractivity (Wildman–Crippen MR) is 83.5 cm³/mol. The number of nitrogens with two attached hydrogens (primary N) is 1. The van der Waals surface area contributed by atoms with Gasteiger partial charge in [-0.05, 0) is 33.6 Å². The lowest BCUT2D eigenvalue weighted by Crippen LogP contribution is -2.46. The lowest BCUT2D eigenvalue weighted by molar-refractivity contribution is 0.166. The highest BCUT2D eigenvalue weighted by Crippen LogP contribution is 2.77. The van der Waals surface area contributed by atoms with Crippen LogP contribution in [0.5, 0.6) is 0 Å². The summed E-state index contributed by atoms with van der Waals surface area (Å²) in [7, 11) is -7.83. The summed E-state index contributed by atoms with van der Waals surface area (Å²) in [4.78, 5) is 0. The van der Waals surface area contributed by atoms with E-state index >= 15 is 0 Å². The van der Waals surface area contributed by atoms with Crippen LogP contribution in [0.25, 0.3) is 0 Å². The highest BCUT2D eigenvalue weighted by Gasteiger charge is 2.64. The van der Waals surface area contributed by atoms with Gasteiger partial charge in [0.05, 0.1) is 26.4 Å². The highest BCUT2D eigenvalue weighted by atomic mass is 31.2. The zero-order chi connectivity index (χ0) is 16.7. The largest absolute Gasteiger partial charge is 0.363 e. The molecule has 0 aliphatic carbocycles. The van der Waals surface area contributed by atoms with E-state index in [2.05, 4.69) is 0 Å². The maximum absolute atomic E-state index is 13.2. The summed E-state index contributed by atoms with van der Waals surface area (Å²) in [6.45, 7) is 10.5. The summed E-state index contributed by atoms with van der Waals surface area (Å²) in [5, 5.41) is -1.86. The molecule has 9 heteroatoms. The van der Waals surface area contributed by atoms with Crippen molar-refractivity contribution in [1.82, 2.24) is 0 Å². The van der Waals surface area contributed by atoms with Gasteiger partial charge in [0.1, 0.15) is 0 Å². The standard InChI is InChI=1S/C12H29NO6P2/c1-7-16-20(14,17-8-2)12(13,11(5)6)21(15,18-9-3)19-10-4/h11H,7-10,13H2,1-6H3. The van der Waals surface area contributed by atoms with Gasteiger partial charge in [-0.15, -0.1) is 0 Å². The molecule has 0 bridgehead atoms. The summed E-state index contributed by atoms with van der Waals surface area (Å²) < 4.78 is 47.6. The van der Waals surface area contributed by atoms with Crippen molar-refractivity contribution in [2.75, 3.05) is 26.4 Å². The van der Waals surface area contributed by atoms with E-state index in [0.717, 1.165) is 0 Å². The molecule has 0 amide bonds. The summed E-state index contributed by atoms with van der Waals surface area (Å²) >= 11 is 0. The summed E-state index contributed by atoms with van der Waals surface area (Å²) in [5.74, 6) is -0.509. The van der Waals surface area contributed by atoms with Crippen LogP contribution in [0.1, 0.15) is 41.5 Å². The zero-order valence-electron chi connectivity index (χ0n) is 13.8. The Balaban J connectivity index is 6.09. The maximum Gasteiger partial charge on any atom is 0.363 e. The van der Waals surface area contributed by atoms with Crippen molar-refractivity contribution in [1.29, 1.82) is 0 Å². The minimum absolute atomic E-state index is 0.112. The Labute approximate surface area is 127 Å². The second-order valence-electron chi connectivity index (χ2n) is 4.60. The van der Waals surface area contributed by atoms with E-state index in [9.17, 15) is 9.13 Å². The second kappa shape index (κ2) is 8.78. The SMILES string of the molecule is CCOP(=O)(OCC)C(N)(C(C)C)P(=O)(OCC)OCC. The molecule has 0 fully saturated rings. The molecule has 0 saturated heterocycles. The van der Waals surface area contributed by atoms with Crippen molar-refractivity contribution in [3.8, 4) is 0 Å². The summed E-state index contributed by atoms with van der Waals surface area (Å²) in [6.07, 6.45) is 0. The average molecular weight is 345 g/mol. The topological polar surface area (TPSA) is 97.1 Å². The molecule has 0 aromatic heterocycles. The van der Waals surface area contributed by atoms with E-state index in [0.29, 0.717) is 0 Å². The molecule has 21 heavy (non-hydrogen) atoms. The van der Waals surface area contributed by atoms with Crippen LogP contribution in [0.3, 0.4) is 0 Å². The van der Waals surface area contributed by atoms with Crippen LogP contribution in [-0.4, -0.2) is 31.4 Å². The third-order valence-corrected chi connectivity index (χ3v) is 9.57. The molecule has 0 spiro atoms. The molecule has 0 heterocycles. The fraction of sp³-hybridized carbons (Fsp3) is 1.00. The molecular formula is C12H29NO6P2. The Morgan fingerprint density at radius 1 is 0.810 bits per heavy atom. The van der Waals surface area contributed by atoms with Gasteiger partial charge >= 0.3 is 15.2 Å². The molecule has 0 rings (SSSR count). The van der Waals surface area contributed by atoms with Crippen LogP contribution in [0.4, 0.5) is 0 Å². The van der Waals surface area contributed by atoms with Gasteiger partial charge in [-0.3, -0.25) is 9.13 Å². The first kappa shape index (κ1) is 21.3. The minimum atomic E-state index is -3.91. The van der Waals surface area contributed by atoms with E-state index in [1.165, 1.54) is 0 Å². The van der Waals surface area contributed by atoms with Gasteiger partial charge in [0.15, 0.2) is 0 Å². The van der Waals surface area contributed by atoms with Crippen molar-refractivity contribution < 1.29 is 27.2 Å². The van der Waals surface area contributed by atoms with Crippen LogP contribution < -0.4 is 5.73 Å². The molecule has 0 aliphatic heterocycles. The Hall–Kier alpha value is 0.260. The first-order valence-corrected chi connectivity index (χ1v) is 10.3. The molecule has 0 aromatic carbocycles. The molecule has 2 N–H and O–H groups in total. The van der Waals surface area contributed by atoms with E-state index in [1.807, 2.05) is 0 Å². The fourth-order valence-electron chi connectivity index (χ4n) is 1.95. The van der Waals surface area contributed by atoms with Gasteiger partial charge in [0.2, 0.25) is 5.02 Å². The van der Waals surface area contributed by atoms with Crippen LogP contribution in [0, 0.1) is 5.92 Å². The lowest BCUT2D eigenvalue weighted by atomic mass is 10.2. The molecule has 0 unspecified atom stereocenters. The second-order valence-corrected chi connectivity index (χ2v) is 9.46. The lowest BCUT2D eigenvalue weighted by Gasteiger charge is -2.41. The van der Waals surface area contributed by atoms with Crippen molar-refractivity contribution in [3.63, 3.8) is 0 Å². The quantitative estimate of drug-likeness (QED) is 0.569. The molecule has 0 radical (unpaired) electrons. The van der Waals surface area contributed by atoms with Crippen molar-refractivity contribution in [3.05, 3.63) is 0 Å². The van der Waals surface area contributed by atoms with Gasteiger partial charge in [0.25, 0.3) is 0 Å². The number of rotatable bonds is 11. The average Bonchev–Trinajstić information content (AvgIpc) is 2.38. The summed E-state index contributed by atoms with van der Waals surface area (Å²) in [6, 6.07) is 0. The van der Waals surface area contributed by atoms with Crippen molar-refractivity contribution in [2.45, 2.75) is 46.6 Å². The maximum atomic E-state index is 13.2.